The molecule has 2 aromatic carbocycles. The number of nitriles is 1. The van der Waals surface area contributed by atoms with E-state index in [2.05, 4.69) is 23.2 Å². The van der Waals surface area contributed by atoms with E-state index in [9.17, 15) is 10.1 Å². The number of hydrogen-bond acceptors (Lipinski definition) is 3. The third-order valence-corrected chi connectivity index (χ3v) is 5.16. The van der Waals surface area contributed by atoms with Crippen LogP contribution >= 0.6 is 0 Å². The molecule has 4 nitrogen and oxygen atoms in total. The largest absolute Gasteiger partial charge is 0.269 e. The van der Waals surface area contributed by atoms with Crippen LogP contribution in [0.3, 0.4) is 0 Å². The average Bonchev–Trinajstić information content (AvgIpc) is 2.96. The van der Waals surface area contributed by atoms with Gasteiger partial charge in [0.05, 0.1) is 24.1 Å². The highest BCUT2D eigenvalue weighted by atomic mass is 16.2. The summed E-state index contributed by atoms with van der Waals surface area (Å²) in [5, 5.41) is 13.7. The monoisotopic (exact) mass is 317 g/mol. The lowest BCUT2D eigenvalue weighted by Gasteiger charge is -2.38. The molecule has 2 atom stereocenters. The van der Waals surface area contributed by atoms with Crippen molar-refractivity contribution in [3.63, 3.8) is 0 Å². The van der Waals surface area contributed by atoms with E-state index in [0.29, 0.717) is 12.1 Å². The molecule has 2 aromatic rings. The Morgan fingerprint density at radius 2 is 1.88 bits per heavy atom. The second-order valence-corrected chi connectivity index (χ2v) is 6.77. The van der Waals surface area contributed by atoms with Crippen molar-refractivity contribution < 1.29 is 4.79 Å². The van der Waals surface area contributed by atoms with Crippen molar-refractivity contribution in [3.05, 3.63) is 71.3 Å². The van der Waals surface area contributed by atoms with Gasteiger partial charge in [0.25, 0.3) is 5.91 Å². The van der Waals surface area contributed by atoms with Gasteiger partial charge in [0.15, 0.2) is 0 Å². The van der Waals surface area contributed by atoms with E-state index in [1.54, 1.807) is 5.01 Å². The molecule has 2 aliphatic heterocycles. The predicted molar refractivity (Wildman–Crippen MR) is 90.8 cm³/mol. The van der Waals surface area contributed by atoms with Crippen molar-refractivity contribution >= 4 is 5.91 Å². The van der Waals surface area contributed by atoms with Gasteiger partial charge in [0.1, 0.15) is 0 Å². The Hall–Kier alpha value is -2.64. The minimum absolute atomic E-state index is 0.0287. The SMILES string of the molecule is C[C@@]1(C#N)CN(C(=O)c2ccccc2)N2CCc3ccccc3[C@@H]21. The summed E-state index contributed by atoms with van der Waals surface area (Å²) in [5.41, 5.74) is 2.52. The molecule has 24 heavy (non-hydrogen) atoms. The number of carbonyl (C=O) groups is 1. The summed E-state index contributed by atoms with van der Waals surface area (Å²) in [4.78, 5) is 13.0. The second kappa shape index (κ2) is 5.47. The third kappa shape index (κ3) is 2.13. The van der Waals surface area contributed by atoms with Crippen LogP contribution in [-0.2, 0) is 6.42 Å². The van der Waals surface area contributed by atoms with Crippen LogP contribution in [0.5, 0.6) is 0 Å². The molecule has 0 unspecified atom stereocenters. The third-order valence-electron chi connectivity index (χ3n) is 5.16. The summed E-state index contributed by atoms with van der Waals surface area (Å²) >= 11 is 0. The lowest BCUT2D eigenvalue weighted by atomic mass is 9.78. The molecule has 0 aromatic heterocycles. The molecule has 120 valence electrons. The van der Waals surface area contributed by atoms with Crippen LogP contribution in [0.25, 0.3) is 0 Å². The molecular weight excluding hydrogens is 298 g/mol. The van der Waals surface area contributed by atoms with Gasteiger partial charge in [0, 0.05) is 12.1 Å². The highest BCUT2D eigenvalue weighted by Gasteiger charge is 2.53. The molecule has 4 rings (SSSR count). The van der Waals surface area contributed by atoms with E-state index in [0.717, 1.165) is 13.0 Å². The van der Waals surface area contributed by atoms with Crippen molar-refractivity contribution in [1.82, 2.24) is 10.0 Å². The molecule has 0 N–H and O–H groups in total. The number of nitrogens with zero attached hydrogens (tertiary/aromatic N) is 3. The topological polar surface area (TPSA) is 47.3 Å². The molecule has 4 heteroatoms. The van der Waals surface area contributed by atoms with Gasteiger partial charge in [-0.25, -0.2) is 5.01 Å². The smallest absolute Gasteiger partial charge is 0.268 e. The Bertz CT molecular complexity index is 826. The van der Waals surface area contributed by atoms with Crippen LogP contribution in [0, 0.1) is 16.7 Å². The van der Waals surface area contributed by atoms with Crippen LogP contribution in [0.15, 0.2) is 54.6 Å². The van der Waals surface area contributed by atoms with Crippen molar-refractivity contribution in [1.29, 1.82) is 5.26 Å². The van der Waals surface area contributed by atoms with E-state index in [1.165, 1.54) is 11.1 Å². The van der Waals surface area contributed by atoms with Crippen molar-refractivity contribution in [2.24, 2.45) is 5.41 Å². The molecule has 1 amide bonds. The maximum Gasteiger partial charge on any atom is 0.268 e. The normalized spacial score (nSPS) is 25.7. The zero-order valence-corrected chi connectivity index (χ0v) is 13.6. The number of hydrazine groups is 1. The summed E-state index contributed by atoms with van der Waals surface area (Å²) in [7, 11) is 0. The van der Waals surface area contributed by atoms with Gasteiger partial charge in [-0.1, -0.05) is 42.5 Å². The summed E-state index contributed by atoms with van der Waals surface area (Å²) in [6.07, 6.45) is 0.896. The molecule has 0 aliphatic carbocycles. The first kappa shape index (κ1) is 14.9. The summed E-state index contributed by atoms with van der Waals surface area (Å²) < 4.78 is 0. The van der Waals surface area contributed by atoms with E-state index in [4.69, 9.17) is 0 Å². The number of amides is 1. The Balaban J connectivity index is 1.77. The lowest BCUT2D eigenvalue weighted by molar-refractivity contribution is -0.00163. The lowest BCUT2D eigenvalue weighted by Crippen LogP contribution is -2.45. The van der Waals surface area contributed by atoms with Gasteiger partial charge in [-0.15, -0.1) is 0 Å². The molecule has 0 spiro atoms. The van der Waals surface area contributed by atoms with Crippen LogP contribution in [-0.4, -0.2) is 29.0 Å². The zero-order valence-electron chi connectivity index (χ0n) is 13.6. The van der Waals surface area contributed by atoms with Gasteiger partial charge in [0.2, 0.25) is 0 Å². The first-order chi connectivity index (χ1) is 11.6. The maximum absolute atomic E-state index is 13.0. The van der Waals surface area contributed by atoms with Crippen molar-refractivity contribution in [2.45, 2.75) is 19.4 Å². The number of fused-ring (bicyclic) bond motifs is 3. The van der Waals surface area contributed by atoms with E-state index < -0.39 is 5.41 Å². The first-order valence-electron chi connectivity index (χ1n) is 8.26. The second-order valence-electron chi connectivity index (χ2n) is 6.77. The van der Waals surface area contributed by atoms with E-state index in [1.807, 2.05) is 49.4 Å². The minimum Gasteiger partial charge on any atom is -0.269 e. The van der Waals surface area contributed by atoms with Gasteiger partial charge < -0.3 is 0 Å². The van der Waals surface area contributed by atoms with Gasteiger partial charge in [-0.3, -0.25) is 9.80 Å². The summed E-state index contributed by atoms with van der Waals surface area (Å²) in [6, 6.07) is 20.0. The zero-order chi connectivity index (χ0) is 16.7. The Morgan fingerprint density at radius 1 is 1.17 bits per heavy atom. The quantitative estimate of drug-likeness (QED) is 0.811. The molecule has 2 aliphatic rings. The minimum atomic E-state index is -0.610. The van der Waals surface area contributed by atoms with Crippen molar-refractivity contribution in [3.8, 4) is 6.07 Å². The molecule has 2 heterocycles. The molecule has 1 saturated heterocycles. The Morgan fingerprint density at radius 3 is 2.62 bits per heavy atom. The number of rotatable bonds is 1. The fourth-order valence-electron chi connectivity index (χ4n) is 3.99. The van der Waals surface area contributed by atoms with Crippen LogP contribution in [0.4, 0.5) is 0 Å². The molecule has 0 bridgehead atoms. The number of carbonyl (C=O) groups excluding carboxylic acids is 1. The molecule has 0 radical (unpaired) electrons. The highest BCUT2D eigenvalue weighted by Crippen LogP contribution is 2.48. The Labute approximate surface area is 141 Å². The molecule has 0 saturated carbocycles. The number of hydrogen-bond donors (Lipinski definition) is 0. The number of benzene rings is 2. The molecular formula is C20H19N3O. The standard InChI is InChI=1S/C20H19N3O/c1-20(13-21)14-23(19(24)16-8-3-2-4-9-16)22-12-11-15-7-5-6-10-17(15)18(20)22/h2-10,18H,11-12,14H2,1H3/t18-,20-/m1/s1. The molecule has 1 fully saturated rings. The maximum atomic E-state index is 13.0. The van der Waals surface area contributed by atoms with Crippen LogP contribution < -0.4 is 0 Å². The summed E-state index contributed by atoms with van der Waals surface area (Å²) in [5.74, 6) is -0.0287. The van der Waals surface area contributed by atoms with Crippen molar-refractivity contribution in [2.75, 3.05) is 13.1 Å². The first-order valence-corrected chi connectivity index (χ1v) is 8.26. The van der Waals surface area contributed by atoms with Gasteiger partial charge in [-0.05, 0) is 36.6 Å². The fourth-order valence-corrected chi connectivity index (χ4v) is 3.99. The highest BCUT2D eigenvalue weighted by molar-refractivity contribution is 5.94. The van der Waals surface area contributed by atoms with Gasteiger partial charge in [-0.2, -0.15) is 5.26 Å². The van der Waals surface area contributed by atoms with Crippen LogP contribution in [0.2, 0.25) is 0 Å². The van der Waals surface area contributed by atoms with E-state index >= 15 is 0 Å². The predicted octanol–water partition coefficient (Wildman–Crippen LogP) is 3.19. The van der Waals surface area contributed by atoms with Gasteiger partial charge >= 0.3 is 0 Å². The van der Waals surface area contributed by atoms with Crippen LogP contribution in [0.1, 0.15) is 34.5 Å². The summed E-state index contributed by atoms with van der Waals surface area (Å²) in [6.45, 7) is 3.15. The Kier molecular flexibility index (Phi) is 3.40. The van der Waals surface area contributed by atoms with E-state index in [-0.39, 0.29) is 11.9 Å². The average molecular weight is 317 g/mol. The fraction of sp³-hybridized carbons (Fsp3) is 0.300.